The molecule has 0 radical (unpaired) electrons. The van der Waals surface area contributed by atoms with Gasteiger partial charge >= 0.3 is 0 Å². The van der Waals surface area contributed by atoms with Crippen molar-refractivity contribution >= 4 is 17.4 Å². The number of aromatic nitrogens is 3. The molecule has 0 bridgehead atoms. The molecule has 2 aliphatic heterocycles. The maximum absolute atomic E-state index is 13.4. The van der Waals surface area contributed by atoms with E-state index in [2.05, 4.69) is 25.2 Å². The topological polar surface area (TPSA) is 73.9 Å². The van der Waals surface area contributed by atoms with Gasteiger partial charge in [0.2, 0.25) is 5.95 Å². The van der Waals surface area contributed by atoms with Crippen LogP contribution in [-0.2, 0) is 0 Å². The van der Waals surface area contributed by atoms with Gasteiger partial charge in [-0.1, -0.05) is 11.6 Å². The number of aromatic amines is 1. The molecule has 0 saturated carbocycles. The standard InChI is InChI=1S/C17H19ClFN5O/c18-13-15(24-8-4-17(10-24)2-6-20-7-3-17)22-14(23-16(13)25)11-1-5-21-12(19)9-11/h1,5,9,20H,2-4,6-8,10H2,(H,22,23,25). The molecule has 0 atom stereocenters. The predicted octanol–water partition coefficient (Wildman–Crippen LogP) is 2.20. The summed E-state index contributed by atoms with van der Waals surface area (Å²) in [5.74, 6) is 0.163. The van der Waals surface area contributed by atoms with Crippen molar-refractivity contribution in [3.05, 3.63) is 39.7 Å². The normalized spacial score (nSPS) is 19.5. The van der Waals surface area contributed by atoms with Gasteiger partial charge in [0, 0.05) is 30.9 Å². The van der Waals surface area contributed by atoms with E-state index in [-0.39, 0.29) is 10.4 Å². The highest BCUT2D eigenvalue weighted by atomic mass is 35.5. The molecule has 1 spiro atoms. The Balaban J connectivity index is 1.69. The summed E-state index contributed by atoms with van der Waals surface area (Å²) < 4.78 is 13.4. The van der Waals surface area contributed by atoms with E-state index in [0.29, 0.717) is 17.2 Å². The molecule has 0 aromatic carbocycles. The SMILES string of the molecule is O=c1[nH]c(-c2ccnc(F)c2)nc(N2CCC3(CCNCC3)C2)c1Cl. The Hall–Kier alpha value is -1.99. The summed E-state index contributed by atoms with van der Waals surface area (Å²) >= 11 is 6.24. The molecular formula is C17H19ClFN5O. The smallest absolute Gasteiger partial charge is 0.272 e. The minimum absolute atomic E-state index is 0.0873. The molecule has 25 heavy (non-hydrogen) atoms. The highest BCUT2D eigenvalue weighted by molar-refractivity contribution is 6.32. The number of piperidine rings is 1. The number of nitrogens with zero attached hydrogens (tertiary/aromatic N) is 3. The fourth-order valence-electron chi connectivity index (χ4n) is 3.82. The Morgan fingerprint density at radius 3 is 2.84 bits per heavy atom. The van der Waals surface area contributed by atoms with Gasteiger partial charge < -0.3 is 15.2 Å². The fourth-order valence-corrected chi connectivity index (χ4v) is 4.03. The average molecular weight is 364 g/mol. The third kappa shape index (κ3) is 3.14. The van der Waals surface area contributed by atoms with Gasteiger partial charge in [-0.25, -0.2) is 9.97 Å². The summed E-state index contributed by atoms with van der Waals surface area (Å²) in [7, 11) is 0. The van der Waals surface area contributed by atoms with Crippen molar-refractivity contribution in [2.24, 2.45) is 5.41 Å². The molecule has 4 rings (SSSR count). The Kier molecular flexibility index (Phi) is 4.21. The molecule has 2 saturated heterocycles. The molecule has 0 amide bonds. The van der Waals surface area contributed by atoms with E-state index in [0.717, 1.165) is 45.4 Å². The molecule has 2 aliphatic rings. The second kappa shape index (κ2) is 6.38. The molecule has 0 aliphatic carbocycles. The minimum atomic E-state index is -0.619. The van der Waals surface area contributed by atoms with Crippen LogP contribution >= 0.6 is 11.6 Å². The van der Waals surface area contributed by atoms with E-state index in [9.17, 15) is 9.18 Å². The Labute approximate surface area is 149 Å². The quantitative estimate of drug-likeness (QED) is 0.800. The van der Waals surface area contributed by atoms with Crippen molar-refractivity contribution < 1.29 is 4.39 Å². The van der Waals surface area contributed by atoms with Gasteiger partial charge in [0.05, 0.1) is 0 Å². The van der Waals surface area contributed by atoms with Crippen LogP contribution in [0.1, 0.15) is 19.3 Å². The second-order valence-corrected chi connectivity index (χ2v) is 7.22. The van der Waals surface area contributed by atoms with Gasteiger partial charge in [-0.3, -0.25) is 4.79 Å². The highest BCUT2D eigenvalue weighted by Gasteiger charge is 2.40. The Morgan fingerprint density at radius 1 is 1.28 bits per heavy atom. The van der Waals surface area contributed by atoms with Crippen LogP contribution in [0, 0.1) is 11.4 Å². The van der Waals surface area contributed by atoms with Crippen LogP contribution in [0.3, 0.4) is 0 Å². The van der Waals surface area contributed by atoms with E-state index in [1.54, 1.807) is 6.07 Å². The molecule has 8 heteroatoms. The van der Waals surface area contributed by atoms with Crippen molar-refractivity contribution in [1.29, 1.82) is 0 Å². The summed E-state index contributed by atoms with van der Waals surface area (Å²) in [6.45, 7) is 3.70. The van der Waals surface area contributed by atoms with Crippen molar-refractivity contribution in [2.45, 2.75) is 19.3 Å². The summed E-state index contributed by atoms with van der Waals surface area (Å²) in [4.78, 5) is 25.0. The fraction of sp³-hybridized carbons (Fsp3) is 0.471. The van der Waals surface area contributed by atoms with E-state index < -0.39 is 11.5 Å². The number of pyridine rings is 1. The molecule has 0 unspecified atom stereocenters. The zero-order valence-electron chi connectivity index (χ0n) is 13.7. The molecule has 2 fully saturated rings. The third-order valence-electron chi connectivity index (χ3n) is 5.25. The summed E-state index contributed by atoms with van der Waals surface area (Å²) in [6, 6.07) is 2.85. The second-order valence-electron chi connectivity index (χ2n) is 6.84. The number of halogens is 2. The number of rotatable bonds is 2. The lowest BCUT2D eigenvalue weighted by atomic mass is 9.78. The Morgan fingerprint density at radius 2 is 2.08 bits per heavy atom. The first-order chi connectivity index (χ1) is 12.1. The molecule has 6 nitrogen and oxygen atoms in total. The van der Waals surface area contributed by atoms with E-state index >= 15 is 0 Å². The van der Waals surface area contributed by atoms with Crippen molar-refractivity contribution in [3.63, 3.8) is 0 Å². The van der Waals surface area contributed by atoms with E-state index in [1.807, 2.05) is 0 Å². The number of hydrogen-bond donors (Lipinski definition) is 2. The third-order valence-corrected chi connectivity index (χ3v) is 5.59. The van der Waals surface area contributed by atoms with Gasteiger partial charge in [-0.2, -0.15) is 4.39 Å². The van der Waals surface area contributed by atoms with Gasteiger partial charge in [-0.15, -0.1) is 0 Å². The molecule has 2 N–H and O–H groups in total. The van der Waals surface area contributed by atoms with Crippen molar-refractivity contribution in [1.82, 2.24) is 20.3 Å². The Bertz CT molecular complexity index is 849. The van der Waals surface area contributed by atoms with Crippen LogP contribution in [-0.4, -0.2) is 41.1 Å². The van der Waals surface area contributed by atoms with Crippen molar-refractivity contribution in [2.75, 3.05) is 31.1 Å². The maximum Gasteiger partial charge on any atom is 0.272 e. The number of hydrogen-bond acceptors (Lipinski definition) is 5. The molecule has 2 aromatic rings. The van der Waals surface area contributed by atoms with Crippen molar-refractivity contribution in [3.8, 4) is 11.4 Å². The first-order valence-electron chi connectivity index (χ1n) is 8.44. The largest absolute Gasteiger partial charge is 0.355 e. The van der Waals surface area contributed by atoms with Crippen LogP contribution in [0.5, 0.6) is 0 Å². The number of H-pyrrole nitrogens is 1. The highest BCUT2D eigenvalue weighted by Crippen LogP contribution is 2.41. The first-order valence-corrected chi connectivity index (χ1v) is 8.82. The zero-order valence-corrected chi connectivity index (χ0v) is 14.4. The molecule has 4 heterocycles. The van der Waals surface area contributed by atoms with E-state index in [4.69, 9.17) is 11.6 Å². The summed E-state index contributed by atoms with van der Waals surface area (Å²) in [5.41, 5.74) is 0.324. The molecule has 2 aromatic heterocycles. The summed E-state index contributed by atoms with van der Waals surface area (Å²) in [5, 5.41) is 3.48. The number of anilines is 1. The van der Waals surface area contributed by atoms with Gasteiger partial charge in [0.15, 0.2) is 5.82 Å². The minimum Gasteiger partial charge on any atom is -0.355 e. The van der Waals surface area contributed by atoms with E-state index in [1.165, 1.54) is 12.3 Å². The van der Waals surface area contributed by atoms with Gasteiger partial charge in [0.25, 0.3) is 5.56 Å². The first kappa shape index (κ1) is 16.5. The monoisotopic (exact) mass is 363 g/mol. The van der Waals surface area contributed by atoms with Crippen LogP contribution in [0.25, 0.3) is 11.4 Å². The van der Waals surface area contributed by atoms with Crippen LogP contribution in [0.4, 0.5) is 10.2 Å². The van der Waals surface area contributed by atoms with Crippen LogP contribution in [0.2, 0.25) is 5.02 Å². The lowest BCUT2D eigenvalue weighted by molar-refractivity contribution is 0.232. The van der Waals surface area contributed by atoms with Gasteiger partial charge in [0.1, 0.15) is 10.8 Å². The van der Waals surface area contributed by atoms with Crippen LogP contribution < -0.4 is 15.8 Å². The zero-order chi connectivity index (χ0) is 17.4. The average Bonchev–Trinajstić information content (AvgIpc) is 3.01. The predicted molar refractivity (Wildman–Crippen MR) is 94.4 cm³/mol. The van der Waals surface area contributed by atoms with Gasteiger partial charge in [-0.05, 0) is 43.8 Å². The lowest BCUT2D eigenvalue weighted by Gasteiger charge is -2.33. The van der Waals surface area contributed by atoms with Crippen LogP contribution in [0.15, 0.2) is 23.1 Å². The maximum atomic E-state index is 13.4. The molecule has 132 valence electrons. The molecular weight excluding hydrogens is 345 g/mol. The summed E-state index contributed by atoms with van der Waals surface area (Å²) in [6.07, 6.45) is 4.65. The lowest BCUT2D eigenvalue weighted by Crippen LogP contribution is -2.39. The number of nitrogens with one attached hydrogen (secondary N) is 2.